The van der Waals surface area contributed by atoms with Crippen molar-refractivity contribution < 1.29 is 4.79 Å². The van der Waals surface area contributed by atoms with Crippen molar-refractivity contribution >= 4 is 17.2 Å². The largest absolute Gasteiger partial charge is 0.356 e. The van der Waals surface area contributed by atoms with Gasteiger partial charge in [-0.25, -0.2) is 4.98 Å². The van der Waals surface area contributed by atoms with E-state index >= 15 is 0 Å². The molecule has 0 fully saturated rings. The summed E-state index contributed by atoms with van der Waals surface area (Å²) in [5.41, 5.74) is 2.16. The van der Waals surface area contributed by atoms with Gasteiger partial charge in [-0.2, -0.15) is 0 Å². The molecule has 0 saturated heterocycles. The molecule has 3 nitrogen and oxygen atoms in total. The molecule has 0 aliphatic rings. The Balaban J connectivity index is 1.75. The van der Waals surface area contributed by atoms with Crippen LogP contribution in [0, 0.1) is 0 Å². The Kier molecular flexibility index (Phi) is 6.41. The van der Waals surface area contributed by atoms with Crippen molar-refractivity contribution in [2.45, 2.75) is 39.0 Å². The highest BCUT2D eigenvalue weighted by atomic mass is 32.1. The molecule has 2 aromatic rings. The highest BCUT2D eigenvalue weighted by Gasteiger charge is 2.05. The lowest BCUT2D eigenvalue weighted by Crippen LogP contribution is -2.25. The third-order valence-corrected chi connectivity index (χ3v) is 4.20. The molecule has 0 radical (unpaired) electrons. The van der Waals surface area contributed by atoms with Gasteiger partial charge in [0.1, 0.15) is 0 Å². The molecule has 1 amide bonds. The van der Waals surface area contributed by atoms with E-state index in [1.165, 1.54) is 0 Å². The molecular weight excluding hydrogens is 280 g/mol. The maximum absolute atomic E-state index is 11.6. The SMILES string of the molecule is CCCCCC(=O)NCCc1nc(-c2ccccc2)cs1. The molecule has 0 aliphatic heterocycles. The second-order valence-electron chi connectivity index (χ2n) is 5.05. The highest BCUT2D eigenvalue weighted by Crippen LogP contribution is 2.21. The number of aromatic nitrogens is 1. The van der Waals surface area contributed by atoms with Crippen LogP contribution in [0.5, 0.6) is 0 Å². The smallest absolute Gasteiger partial charge is 0.220 e. The molecule has 0 unspecified atom stereocenters. The number of hydrogen-bond donors (Lipinski definition) is 1. The molecule has 1 N–H and O–H groups in total. The van der Waals surface area contributed by atoms with Gasteiger partial charge < -0.3 is 5.32 Å². The summed E-state index contributed by atoms with van der Waals surface area (Å²) in [4.78, 5) is 16.2. The van der Waals surface area contributed by atoms with Crippen LogP contribution in [0.1, 0.15) is 37.6 Å². The van der Waals surface area contributed by atoms with Gasteiger partial charge in [0.05, 0.1) is 10.7 Å². The van der Waals surface area contributed by atoms with E-state index in [0.717, 1.165) is 41.9 Å². The Labute approximate surface area is 130 Å². The first-order valence-electron chi connectivity index (χ1n) is 7.56. The average Bonchev–Trinajstić information content (AvgIpc) is 2.97. The minimum atomic E-state index is 0.156. The van der Waals surface area contributed by atoms with Crippen LogP contribution in [0.25, 0.3) is 11.3 Å². The summed E-state index contributed by atoms with van der Waals surface area (Å²) in [6.07, 6.45) is 4.70. The third kappa shape index (κ3) is 5.31. The lowest BCUT2D eigenvalue weighted by molar-refractivity contribution is -0.121. The van der Waals surface area contributed by atoms with Crippen LogP contribution in [-0.4, -0.2) is 17.4 Å². The molecule has 0 atom stereocenters. The Hall–Kier alpha value is -1.68. The summed E-state index contributed by atoms with van der Waals surface area (Å²) in [6.45, 7) is 2.82. The van der Waals surface area contributed by atoms with Crippen molar-refractivity contribution in [1.82, 2.24) is 10.3 Å². The number of unbranched alkanes of at least 4 members (excludes halogenated alkanes) is 2. The van der Waals surface area contributed by atoms with E-state index in [0.29, 0.717) is 13.0 Å². The van der Waals surface area contributed by atoms with Crippen molar-refractivity contribution in [2.24, 2.45) is 0 Å². The Morgan fingerprint density at radius 2 is 2.05 bits per heavy atom. The van der Waals surface area contributed by atoms with Crippen molar-refractivity contribution in [1.29, 1.82) is 0 Å². The van der Waals surface area contributed by atoms with Gasteiger partial charge in [0.2, 0.25) is 5.91 Å². The van der Waals surface area contributed by atoms with Crippen LogP contribution in [0.2, 0.25) is 0 Å². The zero-order valence-electron chi connectivity index (χ0n) is 12.5. The first kappa shape index (κ1) is 15.7. The Morgan fingerprint density at radius 3 is 2.81 bits per heavy atom. The second-order valence-corrected chi connectivity index (χ2v) is 5.99. The molecule has 1 heterocycles. The van der Waals surface area contributed by atoms with Crippen molar-refractivity contribution in [3.63, 3.8) is 0 Å². The highest BCUT2D eigenvalue weighted by molar-refractivity contribution is 7.09. The molecule has 0 aliphatic carbocycles. The summed E-state index contributed by atoms with van der Waals surface area (Å²) >= 11 is 1.66. The fourth-order valence-corrected chi connectivity index (χ4v) is 2.91. The average molecular weight is 302 g/mol. The van der Waals surface area contributed by atoms with Crippen LogP contribution < -0.4 is 5.32 Å². The first-order chi connectivity index (χ1) is 10.3. The van der Waals surface area contributed by atoms with Crippen LogP contribution in [-0.2, 0) is 11.2 Å². The number of hydrogen-bond acceptors (Lipinski definition) is 3. The molecule has 112 valence electrons. The molecule has 0 spiro atoms. The number of amides is 1. The molecule has 0 saturated carbocycles. The Bertz CT molecular complexity index is 551. The number of rotatable bonds is 8. The number of thiazole rings is 1. The summed E-state index contributed by atoms with van der Waals surface area (Å²) in [5, 5.41) is 6.12. The van der Waals surface area contributed by atoms with Gasteiger partial charge in [0.25, 0.3) is 0 Å². The molecule has 0 bridgehead atoms. The van der Waals surface area contributed by atoms with Crippen LogP contribution in [0.4, 0.5) is 0 Å². The maximum atomic E-state index is 11.6. The minimum absolute atomic E-state index is 0.156. The minimum Gasteiger partial charge on any atom is -0.356 e. The standard InChI is InChI=1S/C17H22N2OS/c1-2-3-5-10-16(20)18-12-11-17-19-15(13-21-17)14-8-6-4-7-9-14/h4,6-9,13H,2-3,5,10-12H2,1H3,(H,18,20). The van der Waals surface area contributed by atoms with E-state index in [1.807, 2.05) is 18.2 Å². The fourth-order valence-electron chi connectivity index (χ4n) is 2.10. The van der Waals surface area contributed by atoms with E-state index in [9.17, 15) is 4.79 Å². The summed E-state index contributed by atoms with van der Waals surface area (Å²) in [7, 11) is 0. The topological polar surface area (TPSA) is 42.0 Å². The Morgan fingerprint density at radius 1 is 1.24 bits per heavy atom. The van der Waals surface area contributed by atoms with E-state index < -0.39 is 0 Å². The van der Waals surface area contributed by atoms with Gasteiger partial charge in [-0.1, -0.05) is 50.1 Å². The zero-order valence-corrected chi connectivity index (χ0v) is 13.3. The van der Waals surface area contributed by atoms with Crippen LogP contribution in [0.15, 0.2) is 35.7 Å². The van der Waals surface area contributed by atoms with Gasteiger partial charge in [-0.15, -0.1) is 11.3 Å². The van der Waals surface area contributed by atoms with Gasteiger partial charge in [-0.3, -0.25) is 4.79 Å². The third-order valence-electron chi connectivity index (χ3n) is 3.29. The molecule has 1 aromatic heterocycles. The lowest BCUT2D eigenvalue weighted by atomic mass is 10.2. The predicted molar refractivity (Wildman–Crippen MR) is 88.4 cm³/mol. The number of carbonyl (C=O) groups excluding carboxylic acids is 1. The van der Waals surface area contributed by atoms with Gasteiger partial charge in [0, 0.05) is 30.3 Å². The van der Waals surface area contributed by atoms with Crippen molar-refractivity contribution in [3.05, 3.63) is 40.7 Å². The second kappa shape index (κ2) is 8.57. The summed E-state index contributed by atoms with van der Waals surface area (Å²) in [5.74, 6) is 0.156. The van der Waals surface area contributed by atoms with Gasteiger partial charge in [0.15, 0.2) is 0 Å². The van der Waals surface area contributed by atoms with E-state index in [-0.39, 0.29) is 5.91 Å². The van der Waals surface area contributed by atoms with Crippen molar-refractivity contribution in [2.75, 3.05) is 6.54 Å². The number of carbonyl (C=O) groups is 1. The van der Waals surface area contributed by atoms with Crippen LogP contribution >= 0.6 is 11.3 Å². The predicted octanol–water partition coefficient (Wildman–Crippen LogP) is 4.05. The lowest BCUT2D eigenvalue weighted by Gasteiger charge is -2.03. The zero-order chi connectivity index (χ0) is 14.9. The van der Waals surface area contributed by atoms with E-state index in [4.69, 9.17) is 0 Å². The summed E-state index contributed by atoms with van der Waals surface area (Å²) in [6, 6.07) is 10.2. The number of benzene rings is 1. The first-order valence-corrected chi connectivity index (χ1v) is 8.44. The normalized spacial score (nSPS) is 10.5. The number of nitrogens with one attached hydrogen (secondary N) is 1. The molecule has 2 rings (SSSR count). The van der Waals surface area contributed by atoms with E-state index in [2.05, 4.69) is 34.7 Å². The monoisotopic (exact) mass is 302 g/mol. The molecule has 21 heavy (non-hydrogen) atoms. The number of nitrogens with zero attached hydrogens (tertiary/aromatic N) is 1. The van der Waals surface area contributed by atoms with Gasteiger partial charge >= 0.3 is 0 Å². The van der Waals surface area contributed by atoms with Crippen molar-refractivity contribution in [3.8, 4) is 11.3 Å². The van der Waals surface area contributed by atoms with Crippen LogP contribution in [0.3, 0.4) is 0 Å². The molecule has 1 aromatic carbocycles. The van der Waals surface area contributed by atoms with E-state index in [1.54, 1.807) is 11.3 Å². The van der Waals surface area contributed by atoms with Gasteiger partial charge in [-0.05, 0) is 6.42 Å². The quantitative estimate of drug-likeness (QED) is 0.747. The molecule has 4 heteroatoms. The maximum Gasteiger partial charge on any atom is 0.220 e. The molecular formula is C17H22N2OS. The fraction of sp³-hybridized carbons (Fsp3) is 0.412. The summed E-state index contributed by atoms with van der Waals surface area (Å²) < 4.78 is 0.